The van der Waals surface area contributed by atoms with Crippen LogP contribution in [-0.4, -0.2) is 37.2 Å². The number of unbranched alkanes of at least 4 members (excludes halogenated alkanes) is 24. The van der Waals surface area contributed by atoms with E-state index in [-0.39, 0.29) is 37.5 Å². The highest BCUT2D eigenvalue weighted by atomic mass is 16.6. The standard InChI is InChI=1S/C63H106O6/c1-4-7-10-13-16-19-22-25-28-30-31-33-36-38-41-44-47-50-53-56-62(65)68-59-60(69-63(66)57-54-51-48-45-42-39-34-27-24-21-18-15-12-9-6-3)58-67-61(64)55-52-49-46-43-40-37-35-32-29-26-23-20-17-14-11-8-5-2/h8,11,17-18,20-21,25-29,34-35,37,43,46,60H,4-7,9-10,12-16,19,22-24,30-33,36,38-42,44-45,47-59H2,1-3H3/b11-8-,20-17-,21-18-,28-25-,29-26-,34-27-,37-35-,46-43-/t60-/m1/s1. The molecule has 69 heavy (non-hydrogen) atoms. The number of rotatable bonds is 51. The Bertz CT molecular complexity index is 1380. The zero-order chi connectivity index (χ0) is 50.0. The smallest absolute Gasteiger partial charge is 0.306 e. The van der Waals surface area contributed by atoms with Crippen LogP contribution in [0.15, 0.2) is 97.2 Å². The lowest BCUT2D eigenvalue weighted by Gasteiger charge is -2.18. The first-order valence-electron chi connectivity index (χ1n) is 28.7. The quantitative estimate of drug-likeness (QED) is 0.0262. The normalized spacial score (nSPS) is 12.8. The van der Waals surface area contributed by atoms with E-state index in [1.165, 1.54) is 116 Å². The highest BCUT2D eigenvalue weighted by molar-refractivity contribution is 5.71. The summed E-state index contributed by atoms with van der Waals surface area (Å²) in [6.45, 7) is 6.44. The fourth-order valence-electron chi connectivity index (χ4n) is 7.74. The van der Waals surface area contributed by atoms with Crippen LogP contribution in [0.5, 0.6) is 0 Å². The number of allylic oxidation sites excluding steroid dienone is 16. The maximum Gasteiger partial charge on any atom is 0.306 e. The van der Waals surface area contributed by atoms with Crippen molar-refractivity contribution >= 4 is 17.9 Å². The third-order valence-electron chi connectivity index (χ3n) is 12.0. The Morgan fingerprint density at radius 1 is 0.304 bits per heavy atom. The summed E-state index contributed by atoms with van der Waals surface area (Å²) in [5.41, 5.74) is 0. The molecule has 1 atom stereocenters. The highest BCUT2D eigenvalue weighted by Crippen LogP contribution is 2.14. The minimum atomic E-state index is -0.810. The molecule has 0 aromatic rings. The van der Waals surface area contributed by atoms with Crippen molar-refractivity contribution in [3.8, 4) is 0 Å². The maximum absolute atomic E-state index is 12.8. The van der Waals surface area contributed by atoms with Gasteiger partial charge in [0, 0.05) is 19.3 Å². The van der Waals surface area contributed by atoms with Gasteiger partial charge in [0.1, 0.15) is 13.2 Å². The van der Waals surface area contributed by atoms with Gasteiger partial charge in [-0.2, -0.15) is 0 Å². The second-order valence-electron chi connectivity index (χ2n) is 18.8. The monoisotopic (exact) mass is 959 g/mol. The van der Waals surface area contributed by atoms with Crippen LogP contribution in [0.4, 0.5) is 0 Å². The zero-order valence-corrected chi connectivity index (χ0v) is 45.0. The molecular formula is C63H106O6. The molecule has 0 saturated carbocycles. The fraction of sp³-hybridized carbons (Fsp3) is 0.698. The van der Waals surface area contributed by atoms with Crippen LogP contribution in [-0.2, 0) is 28.6 Å². The molecule has 0 heterocycles. The lowest BCUT2D eigenvalue weighted by molar-refractivity contribution is -0.167. The highest BCUT2D eigenvalue weighted by Gasteiger charge is 2.19. The lowest BCUT2D eigenvalue weighted by atomic mass is 10.1. The topological polar surface area (TPSA) is 78.9 Å². The van der Waals surface area contributed by atoms with Crippen LogP contribution in [0.3, 0.4) is 0 Å². The van der Waals surface area contributed by atoms with Crippen LogP contribution >= 0.6 is 0 Å². The summed E-state index contributed by atoms with van der Waals surface area (Å²) < 4.78 is 16.8. The molecule has 0 aromatic carbocycles. The Balaban J connectivity index is 4.47. The Morgan fingerprint density at radius 2 is 0.580 bits per heavy atom. The zero-order valence-electron chi connectivity index (χ0n) is 45.0. The van der Waals surface area contributed by atoms with Gasteiger partial charge in [0.2, 0.25) is 0 Å². The van der Waals surface area contributed by atoms with Gasteiger partial charge >= 0.3 is 17.9 Å². The molecule has 0 aliphatic carbocycles. The Morgan fingerprint density at radius 3 is 0.986 bits per heavy atom. The average molecular weight is 960 g/mol. The van der Waals surface area contributed by atoms with Crippen molar-refractivity contribution in [2.75, 3.05) is 13.2 Å². The number of ether oxygens (including phenoxy) is 3. The summed E-state index contributed by atoms with van der Waals surface area (Å²) in [5, 5.41) is 0. The molecule has 394 valence electrons. The van der Waals surface area contributed by atoms with Crippen molar-refractivity contribution in [2.45, 2.75) is 271 Å². The molecule has 0 amide bonds. The third kappa shape index (κ3) is 55.1. The van der Waals surface area contributed by atoms with Gasteiger partial charge in [0.15, 0.2) is 6.10 Å². The second kappa shape index (κ2) is 56.9. The van der Waals surface area contributed by atoms with E-state index in [0.717, 1.165) is 103 Å². The Labute approximate surface area is 426 Å². The van der Waals surface area contributed by atoms with Gasteiger partial charge in [-0.3, -0.25) is 14.4 Å². The number of esters is 3. The van der Waals surface area contributed by atoms with Crippen LogP contribution in [0.1, 0.15) is 265 Å². The Hall–Kier alpha value is -3.67. The molecule has 0 aliphatic rings. The summed E-state index contributed by atoms with van der Waals surface area (Å²) in [7, 11) is 0. The molecule has 0 rings (SSSR count). The molecule has 0 bridgehead atoms. The summed E-state index contributed by atoms with van der Waals surface area (Å²) >= 11 is 0. The Kier molecular flexibility index (Phi) is 53.9. The SMILES string of the molecule is CC/C=C\C/C=C\C/C=C\C/C=C\C/C=C\CCCC(=O)OC[C@H](COC(=O)CCCCCCCCCCC/C=C\CCCCCCCC)OC(=O)CCCCCCC/C=C\C/C=C\CCCCC. The summed E-state index contributed by atoms with van der Waals surface area (Å²) in [6.07, 6.45) is 75.4. The molecule has 0 fully saturated rings. The van der Waals surface area contributed by atoms with E-state index in [4.69, 9.17) is 14.2 Å². The molecule has 0 radical (unpaired) electrons. The molecule has 6 heteroatoms. The predicted molar refractivity (Wildman–Crippen MR) is 297 cm³/mol. The van der Waals surface area contributed by atoms with E-state index in [9.17, 15) is 14.4 Å². The van der Waals surface area contributed by atoms with Crippen LogP contribution in [0.2, 0.25) is 0 Å². The minimum absolute atomic E-state index is 0.102. The summed E-state index contributed by atoms with van der Waals surface area (Å²) in [5.74, 6) is -0.976. The minimum Gasteiger partial charge on any atom is -0.462 e. The van der Waals surface area contributed by atoms with E-state index in [1.54, 1.807) is 0 Å². The summed E-state index contributed by atoms with van der Waals surface area (Å²) in [4.78, 5) is 38.1. The molecule has 0 saturated heterocycles. The van der Waals surface area contributed by atoms with Gasteiger partial charge in [0.05, 0.1) is 0 Å². The van der Waals surface area contributed by atoms with E-state index >= 15 is 0 Å². The van der Waals surface area contributed by atoms with Crippen molar-refractivity contribution in [3.05, 3.63) is 97.2 Å². The van der Waals surface area contributed by atoms with Crippen molar-refractivity contribution in [1.29, 1.82) is 0 Å². The molecule has 0 aliphatic heterocycles. The van der Waals surface area contributed by atoms with E-state index in [0.29, 0.717) is 19.3 Å². The van der Waals surface area contributed by atoms with E-state index in [2.05, 4.69) is 118 Å². The van der Waals surface area contributed by atoms with Gasteiger partial charge < -0.3 is 14.2 Å². The molecule has 6 nitrogen and oxygen atoms in total. The molecule has 0 spiro atoms. The van der Waals surface area contributed by atoms with Gasteiger partial charge in [-0.25, -0.2) is 0 Å². The van der Waals surface area contributed by atoms with Gasteiger partial charge in [0.25, 0.3) is 0 Å². The van der Waals surface area contributed by atoms with E-state index in [1.807, 2.05) is 0 Å². The fourth-order valence-corrected chi connectivity index (χ4v) is 7.74. The first-order valence-corrected chi connectivity index (χ1v) is 28.7. The predicted octanol–water partition coefficient (Wildman–Crippen LogP) is 19.3. The maximum atomic E-state index is 12.8. The number of hydrogen-bond donors (Lipinski definition) is 0. The van der Waals surface area contributed by atoms with Crippen LogP contribution in [0.25, 0.3) is 0 Å². The van der Waals surface area contributed by atoms with Crippen molar-refractivity contribution < 1.29 is 28.6 Å². The van der Waals surface area contributed by atoms with Gasteiger partial charge in [-0.15, -0.1) is 0 Å². The second-order valence-corrected chi connectivity index (χ2v) is 18.8. The average Bonchev–Trinajstić information content (AvgIpc) is 3.35. The summed E-state index contributed by atoms with van der Waals surface area (Å²) in [6, 6.07) is 0. The van der Waals surface area contributed by atoms with Crippen LogP contribution < -0.4 is 0 Å². The van der Waals surface area contributed by atoms with Gasteiger partial charge in [-0.05, 0) is 116 Å². The largest absolute Gasteiger partial charge is 0.462 e. The number of hydrogen-bond acceptors (Lipinski definition) is 6. The number of carbonyl (C=O) groups is 3. The first kappa shape index (κ1) is 65.3. The number of carbonyl (C=O) groups excluding carboxylic acids is 3. The molecule has 0 aromatic heterocycles. The molecular weight excluding hydrogens is 853 g/mol. The van der Waals surface area contributed by atoms with Crippen molar-refractivity contribution in [1.82, 2.24) is 0 Å². The molecule has 0 N–H and O–H groups in total. The van der Waals surface area contributed by atoms with Crippen LogP contribution in [0, 0.1) is 0 Å². The van der Waals surface area contributed by atoms with Gasteiger partial charge in [-0.1, -0.05) is 227 Å². The van der Waals surface area contributed by atoms with E-state index < -0.39 is 6.10 Å². The van der Waals surface area contributed by atoms with Crippen molar-refractivity contribution in [2.24, 2.45) is 0 Å². The first-order chi connectivity index (χ1) is 34.0. The van der Waals surface area contributed by atoms with Crippen molar-refractivity contribution in [3.63, 3.8) is 0 Å². The molecule has 0 unspecified atom stereocenters. The lowest BCUT2D eigenvalue weighted by Crippen LogP contribution is -2.30. The third-order valence-corrected chi connectivity index (χ3v) is 12.0.